The van der Waals surface area contributed by atoms with Crippen LogP contribution < -0.4 is 16.4 Å². The lowest BCUT2D eigenvalue weighted by atomic mass is 10.1. The summed E-state index contributed by atoms with van der Waals surface area (Å²) in [5.41, 5.74) is 5.10. The third-order valence-corrected chi connectivity index (χ3v) is 2.12. The van der Waals surface area contributed by atoms with Crippen molar-refractivity contribution in [2.24, 2.45) is 5.73 Å². The van der Waals surface area contributed by atoms with Crippen molar-refractivity contribution in [3.05, 3.63) is 29.6 Å². The van der Waals surface area contributed by atoms with Gasteiger partial charge in [-0.3, -0.25) is 9.59 Å². The first kappa shape index (κ1) is 13.1. The number of hydrogen-bond acceptors (Lipinski definition) is 3. The number of anilines is 1. The molecule has 1 rings (SSSR count). The van der Waals surface area contributed by atoms with Gasteiger partial charge in [-0.25, -0.2) is 4.39 Å². The molecular weight excluding hydrogens is 225 g/mol. The van der Waals surface area contributed by atoms with E-state index in [1.807, 2.05) is 0 Å². The van der Waals surface area contributed by atoms with Gasteiger partial charge in [-0.1, -0.05) is 0 Å². The molecule has 6 heteroatoms. The molecule has 0 aliphatic carbocycles. The van der Waals surface area contributed by atoms with E-state index >= 15 is 0 Å². The molecule has 0 aromatic heterocycles. The maximum Gasteiger partial charge on any atom is 0.251 e. The molecule has 92 valence electrons. The van der Waals surface area contributed by atoms with Crippen molar-refractivity contribution >= 4 is 17.5 Å². The van der Waals surface area contributed by atoms with Gasteiger partial charge in [0.1, 0.15) is 5.82 Å². The van der Waals surface area contributed by atoms with E-state index in [9.17, 15) is 14.0 Å². The number of nitrogens with one attached hydrogen (secondary N) is 2. The maximum absolute atomic E-state index is 13.1. The first-order chi connectivity index (χ1) is 8.04. The quantitative estimate of drug-likeness (QED) is 0.698. The number of benzene rings is 1. The van der Waals surface area contributed by atoms with Gasteiger partial charge in [0.2, 0.25) is 5.91 Å². The number of carbonyl (C=O) groups excluding carboxylic acids is 2. The van der Waals surface area contributed by atoms with Crippen LogP contribution in [0.5, 0.6) is 0 Å². The second-order valence-corrected chi connectivity index (χ2v) is 3.46. The number of hydrogen-bond donors (Lipinski definition) is 3. The third kappa shape index (κ3) is 3.84. The topological polar surface area (TPSA) is 84.2 Å². The number of halogens is 1. The molecule has 0 spiro atoms. The number of carbonyl (C=O) groups is 2. The highest BCUT2D eigenvalue weighted by Crippen LogP contribution is 2.14. The van der Waals surface area contributed by atoms with Gasteiger partial charge in [-0.15, -0.1) is 0 Å². The molecule has 0 aliphatic rings. The Bertz CT molecular complexity index is 435. The zero-order valence-corrected chi connectivity index (χ0v) is 9.42. The monoisotopic (exact) mass is 239 g/mol. The summed E-state index contributed by atoms with van der Waals surface area (Å²) in [6.07, 6.45) is 0.291. The number of rotatable bonds is 5. The van der Waals surface area contributed by atoms with Crippen molar-refractivity contribution in [2.75, 3.05) is 18.9 Å². The van der Waals surface area contributed by atoms with E-state index in [0.717, 1.165) is 6.07 Å². The van der Waals surface area contributed by atoms with Gasteiger partial charge >= 0.3 is 0 Å². The van der Waals surface area contributed by atoms with E-state index in [4.69, 9.17) is 5.73 Å². The van der Waals surface area contributed by atoms with Crippen molar-refractivity contribution in [1.82, 2.24) is 5.32 Å². The Hall–Kier alpha value is -1.95. The predicted octanol–water partition coefficient (Wildman–Crippen LogP) is 0.473. The van der Waals surface area contributed by atoms with Crippen LogP contribution in [-0.2, 0) is 4.79 Å². The minimum absolute atomic E-state index is 0.221. The molecule has 5 nitrogen and oxygen atoms in total. The van der Waals surface area contributed by atoms with E-state index in [1.165, 1.54) is 12.1 Å². The number of primary amides is 1. The molecule has 0 fully saturated rings. The summed E-state index contributed by atoms with van der Waals surface area (Å²) in [5.74, 6) is -1.79. The second kappa shape index (κ2) is 5.95. The van der Waals surface area contributed by atoms with Crippen LogP contribution in [0.2, 0.25) is 0 Å². The van der Waals surface area contributed by atoms with Crippen molar-refractivity contribution in [1.29, 1.82) is 0 Å². The van der Waals surface area contributed by atoms with E-state index in [2.05, 4.69) is 10.6 Å². The molecule has 0 saturated heterocycles. The molecule has 0 radical (unpaired) electrons. The number of amides is 2. The summed E-state index contributed by atoms with van der Waals surface area (Å²) >= 11 is 0. The average molecular weight is 239 g/mol. The normalized spacial score (nSPS) is 10.0. The third-order valence-electron chi connectivity index (χ3n) is 2.12. The molecule has 1 aromatic rings. The van der Waals surface area contributed by atoms with E-state index in [-0.39, 0.29) is 11.5 Å². The van der Waals surface area contributed by atoms with Crippen LogP contribution >= 0.6 is 0 Å². The van der Waals surface area contributed by atoms with Crippen molar-refractivity contribution in [3.8, 4) is 0 Å². The fourth-order valence-electron chi connectivity index (χ4n) is 1.25. The Morgan fingerprint density at radius 1 is 1.41 bits per heavy atom. The zero-order chi connectivity index (χ0) is 12.8. The van der Waals surface area contributed by atoms with Gasteiger partial charge in [-0.05, 0) is 25.2 Å². The largest absolute Gasteiger partial charge is 0.366 e. The van der Waals surface area contributed by atoms with Crippen molar-refractivity contribution in [3.63, 3.8) is 0 Å². The van der Waals surface area contributed by atoms with Crippen LogP contribution in [0.25, 0.3) is 0 Å². The van der Waals surface area contributed by atoms with Gasteiger partial charge in [-0.2, -0.15) is 0 Å². The second-order valence-electron chi connectivity index (χ2n) is 3.46. The molecule has 2 amide bonds. The Balaban J connectivity index is 2.75. The summed E-state index contributed by atoms with van der Waals surface area (Å²) in [4.78, 5) is 22.3. The van der Waals surface area contributed by atoms with Crippen LogP contribution in [-0.4, -0.2) is 25.4 Å². The van der Waals surface area contributed by atoms with Gasteiger partial charge < -0.3 is 16.4 Å². The minimum Gasteiger partial charge on any atom is -0.366 e. The molecule has 0 unspecified atom stereocenters. The summed E-state index contributed by atoms with van der Waals surface area (Å²) in [7, 11) is 1.73. The highest BCUT2D eigenvalue weighted by Gasteiger charge is 2.10. The fraction of sp³-hybridized carbons (Fsp3) is 0.273. The smallest absolute Gasteiger partial charge is 0.251 e. The Kier molecular flexibility index (Phi) is 4.59. The summed E-state index contributed by atoms with van der Waals surface area (Å²) in [5, 5.41) is 5.37. The first-order valence-corrected chi connectivity index (χ1v) is 5.08. The SMILES string of the molecule is CNCCC(=O)Nc1ccc(F)c(C(N)=O)c1. The molecular formula is C11H14FN3O2. The van der Waals surface area contributed by atoms with Gasteiger partial charge in [0.05, 0.1) is 5.56 Å². The highest BCUT2D eigenvalue weighted by molar-refractivity contribution is 5.96. The van der Waals surface area contributed by atoms with Crippen LogP contribution in [0, 0.1) is 5.82 Å². The van der Waals surface area contributed by atoms with E-state index in [0.29, 0.717) is 18.7 Å². The molecule has 0 aliphatic heterocycles. The molecule has 4 N–H and O–H groups in total. The van der Waals surface area contributed by atoms with E-state index in [1.54, 1.807) is 7.05 Å². The van der Waals surface area contributed by atoms with Gasteiger partial charge in [0.15, 0.2) is 0 Å². The standard InChI is InChI=1S/C11H14FN3O2/c1-14-5-4-10(16)15-7-2-3-9(12)8(6-7)11(13)17/h2-3,6,14H,4-5H2,1H3,(H2,13,17)(H,15,16). The van der Waals surface area contributed by atoms with Crippen LogP contribution in [0.1, 0.15) is 16.8 Å². The Morgan fingerprint density at radius 3 is 2.71 bits per heavy atom. The maximum atomic E-state index is 13.1. The molecule has 0 saturated carbocycles. The lowest BCUT2D eigenvalue weighted by molar-refractivity contribution is -0.116. The Morgan fingerprint density at radius 2 is 2.12 bits per heavy atom. The lowest BCUT2D eigenvalue weighted by Gasteiger charge is -2.06. The minimum atomic E-state index is -0.867. The highest BCUT2D eigenvalue weighted by atomic mass is 19.1. The van der Waals surface area contributed by atoms with Gasteiger partial charge in [0, 0.05) is 18.7 Å². The first-order valence-electron chi connectivity index (χ1n) is 5.08. The summed E-state index contributed by atoms with van der Waals surface area (Å²) in [6, 6.07) is 3.68. The molecule has 0 atom stereocenters. The summed E-state index contributed by atoms with van der Waals surface area (Å²) < 4.78 is 13.1. The average Bonchev–Trinajstić information content (AvgIpc) is 2.28. The van der Waals surface area contributed by atoms with E-state index < -0.39 is 11.7 Å². The van der Waals surface area contributed by atoms with Crippen LogP contribution in [0.4, 0.5) is 10.1 Å². The van der Waals surface area contributed by atoms with Gasteiger partial charge in [0.25, 0.3) is 5.91 Å². The summed E-state index contributed by atoms with van der Waals surface area (Å²) in [6.45, 7) is 0.537. The Labute approximate surface area is 98.2 Å². The molecule has 17 heavy (non-hydrogen) atoms. The number of nitrogens with two attached hydrogens (primary N) is 1. The van der Waals surface area contributed by atoms with Crippen LogP contribution in [0.15, 0.2) is 18.2 Å². The molecule has 0 heterocycles. The predicted molar refractivity (Wildman–Crippen MR) is 62.1 cm³/mol. The van der Waals surface area contributed by atoms with Crippen molar-refractivity contribution in [2.45, 2.75) is 6.42 Å². The zero-order valence-electron chi connectivity index (χ0n) is 9.42. The molecule has 0 bridgehead atoms. The fourth-order valence-corrected chi connectivity index (χ4v) is 1.25. The molecule has 1 aromatic carbocycles. The van der Waals surface area contributed by atoms with Crippen molar-refractivity contribution < 1.29 is 14.0 Å². The van der Waals surface area contributed by atoms with Crippen LogP contribution in [0.3, 0.4) is 0 Å². The lowest BCUT2D eigenvalue weighted by Crippen LogP contribution is -2.19.